The van der Waals surface area contributed by atoms with Gasteiger partial charge in [0.1, 0.15) is 5.56 Å². The Labute approximate surface area is 97.3 Å². The Bertz CT molecular complexity index is 608. The van der Waals surface area contributed by atoms with E-state index in [1.54, 1.807) is 21.0 Å². The number of nitrogens with two attached hydrogens (primary N) is 1. The lowest BCUT2D eigenvalue weighted by Crippen LogP contribution is -2.44. The third-order valence-electron chi connectivity index (χ3n) is 2.97. The molecule has 88 valence electrons. The molecule has 6 heteroatoms. The molecule has 1 aromatic rings. The van der Waals surface area contributed by atoms with Gasteiger partial charge in [-0.1, -0.05) is 0 Å². The number of nitrogens with zero attached hydrogens (tertiary/aromatic N) is 2. The monoisotopic (exact) mass is 234 g/mol. The van der Waals surface area contributed by atoms with E-state index in [-0.39, 0.29) is 28.5 Å². The molecule has 0 bridgehead atoms. The van der Waals surface area contributed by atoms with Gasteiger partial charge in [0, 0.05) is 5.57 Å². The quantitative estimate of drug-likeness (QED) is 0.650. The van der Waals surface area contributed by atoms with Gasteiger partial charge in [0.2, 0.25) is 5.78 Å². The van der Waals surface area contributed by atoms with E-state index in [4.69, 9.17) is 5.73 Å². The number of ketones is 2. The van der Waals surface area contributed by atoms with Crippen LogP contribution >= 0.6 is 0 Å². The maximum absolute atomic E-state index is 12.0. The van der Waals surface area contributed by atoms with Crippen molar-refractivity contribution in [2.45, 2.75) is 6.92 Å². The standard InChI is InChI=1S/C11H11N3O3/c1-5-4-6(15)8-7(10(5)16)9(11(12)17)14(3)13(8)2/h4H,1-3H3,(H-,12,17)/p+1. The molecule has 2 rings (SSSR count). The number of rotatable bonds is 1. The minimum atomic E-state index is -0.722. The van der Waals surface area contributed by atoms with Gasteiger partial charge >= 0.3 is 11.6 Å². The van der Waals surface area contributed by atoms with Gasteiger partial charge in [-0.25, -0.2) is 0 Å². The average molecular weight is 234 g/mol. The summed E-state index contributed by atoms with van der Waals surface area (Å²) < 4.78 is 2.87. The molecular formula is C11H12N3O3+. The maximum atomic E-state index is 12.0. The van der Waals surface area contributed by atoms with Crippen molar-refractivity contribution >= 4 is 17.5 Å². The first-order valence-corrected chi connectivity index (χ1v) is 5.02. The molecule has 0 unspecified atom stereocenters. The number of hydrogen-bond donors (Lipinski definition) is 1. The molecule has 17 heavy (non-hydrogen) atoms. The predicted octanol–water partition coefficient (Wildman–Crippen LogP) is -0.726. The van der Waals surface area contributed by atoms with Crippen molar-refractivity contribution in [3.8, 4) is 0 Å². The SMILES string of the molecule is CC1=CC(=O)c2c(c(C(N)=O)[n+](C)n2C)C1=O. The van der Waals surface area contributed by atoms with Crippen molar-refractivity contribution < 1.29 is 19.1 Å². The van der Waals surface area contributed by atoms with Crippen LogP contribution in [0.25, 0.3) is 0 Å². The summed E-state index contributed by atoms with van der Waals surface area (Å²) in [5, 5.41) is 0. The molecule has 1 aliphatic rings. The molecule has 0 fully saturated rings. The van der Waals surface area contributed by atoms with Crippen LogP contribution in [-0.4, -0.2) is 22.2 Å². The van der Waals surface area contributed by atoms with E-state index in [9.17, 15) is 14.4 Å². The molecule has 6 nitrogen and oxygen atoms in total. The number of Topliss-reactive ketones (excluding diaryl/α,β-unsaturated/α-hetero) is 1. The number of carbonyl (C=O) groups is 3. The number of primary amides is 1. The number of amides is 1. The molecule has 1 amide bonds. The maximum Gasteiger partial charge on any atom is 0.316 e. The zero-order valence-electron chi connectivity index (χ0n) is 9.77. The zero-order valence-corrected chi connectivity index (χ0v) is 9.77. The van der Waals surface area contributed by atoms with Crippen molar-refractivity contribution in [3.05, 3.63) is 28.6 Å². The highest BCUT2D eigenvalue weighted by atomic mass is 16.2. The first-order chi connectivity index (χ1) is 7.86. The fraction of sp³-hybridized carbons (Fsp3) is 0.273. The van der Waals surface area contributed by atoms with Gasteiger partial charge in [0.25, 0.3) is 0 Å². The topological polar surface area (TPSA) is 86.0 Å². The normalized spacial score (nSPS) is 14.6. The molecule has 0 atom stereocenters. The largest absolute Gasteiger partial charge is 0.360 e. The lowest BCUT2D eigenvalue weighted by Gasteiger charge is -2.06. The molecular weight excluding hydrogens is 222 g/mol. The Balaban J connectivity index is 2.88. The van der Waals surface area contributed by atoms with E-state index < -0.39 is 5.91 Å². The molecule has 2 N–H and O–H groups in total. The minimum Gasteiger partial charge on any atom is -0.360 e. The van der Waals surface area contributed by atoms with E-state index >= 15 is 0 Å². The van der Waals surface area contributed by atoms with Crippen LogP contribution in [0.5, 0.6) is 0 Å². The number of aromatic nitrogens is 2. The first-order valence-electron chi connectivity index (χ1n) is 5.02. The highest BCUT2D eigenvalue weighted by molar-refractivity contribution is 6.26. The van der Waals surface area contributed by atoms with Crippen molar-refractivity contribution in [2.24, 2.45) is 19.8 Å². The summed E-state index contributed by atoms with van der Waals surface area (Å²) in [4.78, 5) is 35.2. The summed E-state index contributed by atoms with van der Waals surface area (Å²) >= 11 is 0. The molecule has 0 aliphatic heterocycles. The van der Waals surface area contributed by atoms with Crippen LogP contribution in [0.4, 0.5) is 0 Å². The van der Waals surface area contributed by atoms with Gasteiger partial charge < -0.3 is 5.73 Å². The molecule has 0 aromatic carbocycles. The van der Waals surface area contributed by atoms with E-state index in [1.807, 2.05) is 0 Å². The second kappa shape index (κ2) is 3.38. The third-order valence-corrected chi connectivity index (χ3v) is 2.97. The number of hydrogen-bond acceptors (Lipinski definition) is 3. The van der Waals surface area contributed by atoms with Crippen LogP contribution in [0.2, 0.25) is 0 Å². The van der Waals surface area contributed by atoms with Gasteiger partial charge in [-0.3, -0.25) is 14.4 Å². The summed E-state index contributed by atoms with van der Waals surface area (Å²) in [7, 11) is 3.18. The van der Waals surface area contributed by atoms with Gasteiger partial charge in [-0.05, 0) is 13.0 Å². The summed E-state index contributed by atoms with van der Waals surface area (Å²) in [6.45, 7) is 1.54. The summed E-state index contributed by atoms with van der Waals surface area (Å²) in [6, 6.07) is 0. The zero-order chi connectivity index (χ0) is 12.9. The Hall–Kier alpha value is -2.24. The Morgan fingerprint density at radius 2 is 2.00 bits per heavy atom. The molecule has 0 saturated heterocycles. The van der Waals surface area contributed by atoms with Crippen molar-refractivity contribution in [1.29, 1.82) is 0 Å². The van der Waals surface area contributed by atoms with Gasteiger partial charge in [-0.15, -0.1) is 4.68 Å². The average Bonchev–Trinajstić information content (AvgIpc) is 2.49. The van der Waals surface area contributed by atoms with Crippen LogP contribution in [0.3, 0.4) is 0 Å². The number of allylic oxidation sites excluding steroid dienone is 2. The third kappa shape index (κ3) is 1.33. The minimum absolute atomic E-state index is 0.0632. The van der Waals surface area contributed by atoms with E-state index in [2.05, 4.69) is 0 Å². The van der Waals surface area contributed by atoms with Crippen LogP contribution < -0.4 is 10.4 Å². The van der Waals surface area contributed by atoms with Crippen LogP contribution in [-0.2, 0) is 14.1 Å². The Morgan fingerprint density at radius 3 is 2.53 bits per heavy atom. The van der Waals surface area contributed by atoms with E-state index in [0.717, 1.165) is 0 Å². The number of fused-ring (bicyclic) bond motifs is 1. The van der Waals surface area contributed by atoms with E-state index in [0.29, 0.717) is 5.57 Å². The van der Waals surface area contributed by atoms with E-state index in [1.165, 1.54) is 15.4 Å². The van der Waals surface area contributed by atoms with Gasteiger partial charge in [-0.2, -0.15) is 4.68 Å². The fourth-order valence-electron chi connectivity index (χ4n) is 2.04. The molecule has 1 aromatic heterocycles. The second-order valence-corrected chi connectivity index (χ2v) is 4.00. The second-order valence-electron chi connectivity index (χ2n) is 4.00. The molecule has 0 saturated carbocycles. The molecule has 1 heterocycles. The van der Waals surface area contributed by atoms with Crippen molar-refractivity contribution in [3.63, 3.8) is 0 Å². The Kier molecular flexibility index (Phi) is 2.23. The van der Waals surface area contributed by atoms with Crippen molar-refractivity contribution in [1.82, 2.24) is 4.68 Å². The lowest BCUT2D eigenvalue weighted by atomic mass is 9.93. The summed E-state index contributed by atoms with van der Waals surface area (Å²) in [5.41, 5.74) is 5.94. The van der Waals surface area contributed by atoms with Gasteiger partial charge in [0.15, 0.2) is 18.5 Å². The molecule has 0 radical (unpaired) electrons. The summed E-state index contributed by atoms with van der Waals surface area (Å²) in [5.74, 6) is -1.34. The lowest BCUT2D eigenvalue weighted by molar-refractivity contribution is -0.752. The van der Waals surface area contributed by atoms with Crippen LogP contribution in [0.15, 0.2) is 11.6 Å². The predicted molar refractivity (Wildman–Crippen MR) is 57.5 cm³/mol. The fourth-order valence-corrected chi connectivity index (χ4v) is 2.04. The number of carbonyl (C=O) groups excluding carboxylic acids is 3. The highest BCUT2D eigenvalue weighted by Crippen LogP contribution is 2.22. The molecule has 1 aliphatic carbocycles. The van der Waals surface area contributed by atoms with Crippen LogP contribution in [0, 0.1) is 0 Å². The van der Waals surface area contributed by atoms with Crippen molar-refractivity contribution in [2.75, 3.05) is 0 Å². The highest BCUT2D eigenvalue weighted by Gasteiger charge is 2.39. The van der Waals surface area contributed by atoms with Crippen LogP contribution in [0.1, 0.15) is 38.3 Å². The van der Waals surface area contributed by atoms with Gasteiger partial charge in [0.05, 0.1) is 7.05 Å². The first kappa shape index (κ1) is 11.3. The summed E-state index contributed by atoms with van der Waals surface area (Å²) in [6.07, 6.45) is 1.27. The smallest absolute Gasteiger partial charge is 0.316 e. The Morgan fingerprint density at radius 1 is 1.41 bits per heavy atom. The molecule has 0 spiro atoms.